The minimum atomic E-state index is -4.25. The summed E-state index contributed by atoms with van der Waals surface area (Å²) < 4.78 is 38.0. The molecule has 1 atom stereocenters. The zero-order valence-electron chi connectivity index (χ0n) is 8.80. The van der Waals surface area contributed by atoms with Crippen LogP contribution in [-0.2, 0) is 14.8 Å². The number of rotatable bonds is 5. The number of nitrogens with one attached hydrogen (secondary N) is 1. The smallest absolute Gasteiger partial charge is 0.324 e. The van der Waals surface area contributed by atoms with Gasteiger partial charge in [0.1, 0.15) is 16.8 Å². The van der Waals surface area contributed by atoms with E-state index in [1.54, 1.807) is 4.72 Å². The van der Waals surface area contributed by atoms with Crippen molar-refractivity contribution in [2.24, 2.45) is 0 Å². The van der Waals surface area contributed by atoms with Gasteiger partial charge in [-0.3, -0.25) is 4.79 Å². The molecule has 1 aromatic rings. The second kappa shape index (κ2) is 5.61. The molecule has 1 rings (SSSR count). The second-order valence-corrected chi connectivity index (χ2v) is 5.36. The number of aliphatic hydroxyl groups excluding tert-OH is 1. The molecule has 6 nitrogen and oxygen atoms in total. The van der Waals surface area contributed by atoms with E-state index in [4.69, 9.17) is 21.8 Å². The Kier molecular flexibility index (Phi) is 4.63. The van der Waals surface area contributed by atoms with Crippen LogP contribution in [0.5, 0.6) is 0 Å². The number of carbonyl (C=O) groups is 1. The van der Waals surface area contributed by atoms with Crippen LogP contribution in [-0.4, -0.2) is 37.2 Å². The zero-order valence-corrected chi connectivity index (χ0v) is 10.4. The average molecular weight is 298 g/mol. The molecule has 9 heteroatoms. The number of hydrogen-bond donors (Lipinski definition) is 3. The van der Waals surface area contributed by atoms with Gasteiger partial charge < -0.3 is 10.2 Å². The summed E-state index contributed by atoms with van der Waals surface area (Å²) >= 11 is 5.55. The maximum Gasteiger partial charge on any atom is 0.324 e. The molecule has 0 aliphatic carbocycles. The normalized spacial score (nSPS) is 13.3. The monoisotopic (exact) mass is 297 g/mol. The van der Waals surface area contributed by atoms with Crippen LogP contribution in [0.25, 0.3) is 0 Å². The van der Waals surface area contributed by atoms with Gasteiger partial charge in [0.05, 0.1) is 11.6 Å². The van der Waals surface area contributed by atoms with Crippen molar-refractivity contribution in [1.29, 1.82) is 0 Å². The molecular weight excluding hydrogens is 289 g/mol. The predicted octanol–water partition coefficient (Wildman–Crippen LogP) is 0.203. The summed E-state index contributed by atoms with van der Waals surface area (Å²) in [6.45, 7) is -0.923. The van der Waals surface area contributed by atoms with Gasteiger partial charge in [-0.2, -0.15) is 4.72 Å². The minimum absolute atomic E-state index is 0.385. The lowest BCUT2D eigenvalue weighted by Crippen LogP contribution is -2.43. The highest BCUT2D eigenvalue weighted by molar-refractivity contribution is 7.89. The fourth-order valence-corrected chi connectivity index (χ4v) is 2.82. The molecule has 0 amide bonds. The van der Waals surface area contributed by atoms with Gasteiger partial charge in [-0.1, -0.05) is 11.6 Å². The topological polar surface area (TPSA) is 104 Å². The van der Waals surface area contributed by atoms with Gasteiger partial charge in [0.2, 0.25) is 10.0 Å². The highest BCUT2D eigenvalue weighted by Gasteiger charge is 2.26. The summed E-state index contributed by atoms with van der Waals surface area (Å²) in [4.78, 5) is 10.1. The van der Waals surface area contributed by atoms with E-state index in [0.29, 0.717) is 0 Å². The summed E-state index contributed by atoms with van der Waals surface area (Å²) in [5.74, 6) is -2.27. The molecule has 0 aliphatic rings. The summed E-state index contributed by atoms with van der Waals surface area (Å²) in [7, 11) is -4.25. The third-order valence-electron chi connectivity index (χ3n) is 1.96. The highest BCUT2D eigenvalue weighted by atomic mass is 35.5. The number of benzene rings is 1. The molecule has 0 saturated carbocycles. The Morgan fingerprint density at radius 1 is 1.50 bits per heavy atom. The largest absolute Gasteiger partial charge is 0.480 e. The van der Waals surface area contributed by atoms with Crippen molar-refractivity contribution in [3.8, 4) is 0 Å². The number of hydrogen-bond acceptors (Lipinski definition) is 4. The van der Waals surface area contributed by atoms with E-state index in [-0.39, 0.29) is 5.02 Å². The molecule has 0 radical (unpaired) electrons. The first-order chi connectivity index (χ1) is 8.27. The quantitative estimate of drug-likeness (QED) is 0.720. The van der Waals surface area contributed by atoms with Crippen LogP contribution in [0.4, 0.5) is 4.39 Å². The molecule has 0 spiro atoms. The Bertz CT molecular complexity index is 562. The Labute approximate surface area is 107 Å². The summed E-state index contributed by atoms with van der Waals surface area (Å²) in [5, 5.41) is 17.0. The molecule has 0 aromatic heterocycles. The molecule has 0 saturated heterocycles. The zero-order chi connectivity index (χ0) is 13.9. The lowest BCUT2D eigenvalue weighted by molar-refractivity contribution is -0.139. The molecular formula is C9H9ClFNO5S. The maximum atomic E-state index is 12.8. The van der Waals surface area contributed by atoms with Gasteiger partial charge in [0.15, 0.2) is 0 Å². The van der Waals surface area contributed by atoms with Crippen molar-refractivity contribution in [1.82, 2.24) is 4.72 Å². The van der Waals surface area contributed by atoms with Crippen LogP contribution in [0.3, 0.4) is 0 Å². The minimum Gasteiger partial charge on any atom is -0.480 e. The number of aliphatic hydroxyl groups is 1. The molecule has 100 valence electrons. The Hall–Kier alpha value is -1.22. The number of carboxylic acid groups (broad SMARTS) is 1. The number of halogens is 2. The fraction of sp³-hybridized carbons (Fsp3) is 0.222. The van der Waals surface area contributed by atoms with Gasteiger partial charge in [-0.15, -0.1) is 0 Å². The lowest BCUT2D eigenvalue weighted by Gasteiger charge is -2.13. The number of sulfonamides is 1. The first-order valence-corrected chi connectivity index (χ1v) is 6.45. The van der Waals surface area contributed by atoms with E-state index >= 15 is 0 Å². The first kappa shape index (κ1) is 14.8. The molecule has 18 heavy (non-hydrogen) atoms. The van der Waals surface area contributed by atoms with Crippen molar-refractivity contribution in [2.75, 3.05) is 6.61 Å². The van der Waals surface area contributed by atoms with E-state index in [0.717, 1.165) is 18.2 Å². The van der Waals surface area contributed by atoms with Gasteiger partial charge in [0.25, 0.3) is 0 Å². The summed E-state index contributed by atoms with van der Waals surface area (Å²) in [6.07, 6.45) is 0. The van der Waals surface area contributed by atoms with Crippen LogP contribution in [0.15, 0.2) is 23.1 Å². The molecule has 0 bridgehead atoms. The standard InChI is InChI=1S/C9H9ClFNO5S/c10-6-3-5(11)1-2-8(6)18(16,17)12-7(4-13)9(14)15/h1-3,7,12-13H,4H2,(H,14,15)/t7-/m0/s1. The van der Waals surface area contributed by atoms with Crippen LogP contribution >= 0.6 is 11.6 Å². The third-order valence-corrected chi connectivity index (χ3v) is 3.92. The molecule has 0 aliphatic heterocycles. The van der Waals surface area contributed by atoms with E-state index in [2.05, 4.69) is 0 Å². The van der Waals surface area contributed by atoms with E-state index < -0.39 is 39.4 Å². The second-order valence-electron chi connectivity index (χ2n) is 3.27. The first-order valence-electron chi connectivity index (χ1n) is 4.59. The van der Waals surface area contributed by atoms with Gasteiger partial charge >= 0.3 is 5.97 Å². The van der Waals surface area contributed by atoms with Crippen LogP contribution in [0.1, 0.15) is 0 Å². The predicted molar refractivity (Wildman–Crippen MR) is 60.2 cm³/mol. The van der Waals surface area contributed by atoms with Crippen molar-refractivity contribution in [2.45, 2.75) is 10.9 Å². The third kappa shape index (κ3) is 3.39. The van der Waals surface area contributed by atoms with Gasteiger partial charge in [0, 0.05) is 0 Å². The van der Waals surface area contributed by atoms with E-state index in [1.807, 2.05) is 0 Å². The lowest BCUT2D eigenvalue weighted by atomic mass is 10.3. The van der Waals surface area contributed by atoms with Crippen LogP contribution in [0, 0.1) is 5.82 Å². The fourth-order valence-electron chi connectivity index (χ4n) is 1.11. The molecule has 0 fully saturated rings. The van der Waals surface area contributed by atoms with Crippen molar-refractivity contribution in [3.05, 3.63) is 29.0 Å². The SMILES string of the molecule is O=C(O)[C@H](CO)NS(=O)(=O)c1ccc(F)cc1Cl. The Balaban J connectivity index is 3.10. The van der Waals surface area contributed by atoms with Crippen LogP contribution < -0.4 is 4.72 Å². The van der Waals surface area contributed by atoms with E-state index in [1.165, 1.54) is 0 Å². The average Bonchev–Trinajstić information content (AvgIpc) is 2.24. The molecule has 0 heterocycles. The number of aliphatic carboxylic acids is 1. The van der Waals surface area contributed by atoms with Crippen molar-refractivity contribution in [3.63, 3.8) is 0 Å². The Morgan fingerprint density at radius 2 is 2.11 bits per heavy atom. The molecule has 1 aromatic carbocycles. The molecule has 0 unspecified atom stereocenters. The van der Waals surface area contributed by atoms with E-state index in [9.17, 15) is 17.6 Å². The maximum absolute atomic E-state index is 12.8. The van der Waals surface area contributed by atoms with Gasteiger partial charge in [-0.25, -0.2) is 12.8 Å². The van der Waals surface area contributed by atoms with Crippen LogP contribution in [0.2, 0.25) is 5.02 Å². The Morgan fingerprint density at radius 3 is 2.56 bits per heavy atom. The van der Waals surface area contributed by atoms with Crippen molar-refractivity contribution >= 4 is 27.6 Å². The summed E-state index contributed by atoms with van der Waals surface area (Å²) in [5.41, 5.74) is 0. The van der Waals surface area contributed by atoms with Crippen molar-refractivity contribution < 1.29 is 27.8 Å². The summed E-state index contributed by atoms with van der Waals surface area (Å²) in [6, 6.07) is 0.854. The number of carboxylic acids is 1. The van der Waals surface area contributed by atoms with Gasteiger partial charge in [-0.05, 0) is 18.2 Å². The molecule has 3 N–H and O–H groups in total. The highest BCUT2D eigenvalue weighted by Crippen LogP contribution is 2.22.